The molecular weight excluding hydrogens is 376 g/mol. The van der Waals surface area contributed by atoms with Gasteiger partial charge in [-0.15, -0.1) is 0 Å². The van der Waals surface area contributed by atoms with E-state index in [0.717, 1.165) is 17.8 Å². The molecule has 2 saturated carbocycles. The van der Waals surface area contributed by atoms with Gasteiger partial charge in [-0.25, -0.2) is 8.78 Å². The number of hydrogen-bond acceptors (Lipinski definition) is 1. The lowest BCUT2D eigenvalue weighted by Crippen LogP contribution is -2.30. The summed E-state index contributed by atoms with van der Waals surface area (Å²) in [6.45, 7) is 2.27. The third kappa shape index (κ3) is 4.39. The summed E-state index contributed by atoms with van der Waals surface area (Å²) in [5.41, 5.74) is 0.716. The van der Waals surface area contributed by atoms with Gasteiger partial charge in [-0.1, -0.05) is 63.6 Å². The van der Waals surface area contributed by atoms with Crippen molar-refractivity contribution in [1.29, 1.82) is 5.26 Å². The van der Waals surface area contributed by atoms with Crippen molar-refractivity contribution < 1.29 is 8.78 Å². The zero-order valence-corrected chi connectivity index (χ0v) is 18.1. The molecule has 2 unspecified atom stereocenters. The summed E-state index contributed by atoms with van der Waals surface area (Å²) < 4.78 is 28.5. The standard InChI is InChI=1S/C27H33F2N/c1-2-3-4-5-6-18-7-8-20-14-21(10-9-19(20)13-18)22-11-12-24-23(15-22)16-26(28)25(17-30)27(24)29/h11-12,15-16,18-21H,2-10,13-14H2,1H3/t18-,19?,20-,21?/m1/s1. The SMILES string of the molecule is CCCCCC[C@@H]1CC[C@@H]2CC(c3ccc4c(F)c(C#N)c(F)cc4c3)CCC2C1. The highest BCUT2D eigenvalue weighted by atomic mass is 19.1. The minimum atomic E-state index is -0.763. The Hall–Kier alpha value is -1.95. The van der Waals surface area contributed by atoms with E-state index in [2.05, 4.69) is 6.92 Å². The Balaban J connectivity index is 1.41. The second-order valence-electron chi connectivity index (χ2n) is 9.70. The van der Waals surface area contributed by atoms with Gasteiger partial charge < -0.3 is 0 Å². The van der Waals surface area contributed by atoms with E-state index in [1.165, 1.54) is 82.3 Å². The molecule has 0 aromatic heterocycles. The van der Waals surface area contributed by atoms with E-state index in [9.17, 15) is 8.78 Å². The van der Waals surface area contributed by atoms with Crippen LogP contribution in [0, 0.1) is 40.7 Å². The van der Waals surface area contributed by atoms with Gasteiger partial charge in [0.15, 0.2) is 5.82 Å². The molecule has 4 rings (SSSR count). The fraction of sp³-hybridized carbons (Fsp3) is 0.593. The lowest BCUT2D eigenvalue weighted by molar-refractivity contribution is 0.113. The summed E-state index contributed by atoms with van der Waals surface area (Å²) >= 11 is 0. The van der Waals surface area contributed by atoms with Gasteiger partial charge in [0.05, 0.1) is 0 Å². The average molecular weight is 410 g/mol. The highest BCUT2D eigenvalue weighted by molar-refractivity contribution is 5.85. The molecule has 0 aliphatic heterocycles. The van der Waals surface area contributed by atoms with E-state index in [0.29, 0.717) is 16.7 Å². The van der Waals surface area contributed by atoms with Crippen LogP contribution in [-0.2, 0) is 0 Å². The molecule has 0 heterocycles. The smallest absolute Gasteiger partial charge is 0.151 e. The highest BCUT2D eigenvalue weighted by Gasteiger charge is 2.35. The Kier molecular flexibility index (Phi) is 6.71. The van der Waals surface area contributed by atoms with E-state index in [-0.39, 0.29) is 0 Å². The monoisotopic (exact) mass is 409 g/mol. The lowest BCUT2D eigenvalue weighted by atomic mass is 9.63. The van der Waals surface area contributed by atoms with E-state index < -0.39 is 17.2 Å². The van der Waals surface area contributed by atoms with Crippen LogP contribution in [0.1, 0.15) is 94.6 Å². The Morgan fingerprint density at radius 2 is 1.77 bits per heavy atom. The van der Waals surface area contributed by atoms with Crippen LogP contribution < -0.4 is 0 Å². The van der Waals surface area contributed by atoms with Gasteiger partial charge in [-0.3, -0.25) is 0 Å². The summed E-state index contributed by atoms with van der Waals surface area (Å²) in [4.78, 5) is 0. The van der Waals surface area contributed by atoms with Crippen molar-refractivity contribution in [2.45, 2.75) is 83.5 Å². The first-order valence-electron chi connectivity index (χ1n) is 11.9. The molecule has 0 amide bonds. The van der Waals surface area contributed by atoms with Crippen LogP contribution in [0.3, 0.4) is 0 Å². The molecule has 0 saturated heterocycles. The van der Waals surface area contributed by atoms with Crippen LogP contribution in [0.25, 0.3) is 10.8 Å². The Labute approximate surface area is 179 Å². The summed E-state index contributed by atoms with van der Waals surface area (Å²) in [6.07, 6.45) is 14.7. The second kappa shape index (κ2) is 9.46. The third-order valence-corrected chi connectivity index (χ3v) is 7.82. The van der Waals surface area contributed by atoms with Crippen LogP contribution in [-0.4, -0.2) is 0 Å². The van der Waals surface area contributed by atoms with Gasteiger partial charge >= 0.3 is 0 Å². The maximum atomic E-state index is 14.4. The number of rotatable bonds is 6. The molecule has 0 radical (unpaired) electrons. The van der Waals surface area contributed by atoms with Gasteiger partial charge in [0.2, 0.25) is 0 Å². The van der Waals surface area contributed by atoms with Crippen molar-refractivity contribution in [2.75, 3.05) is 0 Å². The molecule has 2 aromatic carbocycles. The average Bonchev–Trinajstić information content (AvgIpc) is 2.76. The fourth-order valence-corrected chi connectivity index (χ4v) is 6.12. The van der Waals surface area contributed by atoms with Gasteiger partial charge in [0, 0.05) is 5.39 Å². The predicted molar refractivity (Wildman–Crippen MR) is 118 cm³/mol. The first kappa shape index (κ1) is 21.3. The van der Waals surface area contributed by atoms with Gasteiger partial charge in [-0.2, -0.15) is 5.26 Å². The van der Waals surface area contributed by atoms with Crippen LogP contribution >= 0.6 is 0 Å². The number of benzene rings is 2. The topological polar surface area (TPSA) is 23.8 Å². The normalized spacial score (nSPS) is 26.3. The molecular formula is C27H33F2N. The molecule has 160 valence electrons. The minimum Gasteiger partial charge on any atom is -0.205 e. The largest absolute Gasteiger partial charge is 0.205 e. The van der Waals surface area contributed by atoms with Crippen molar-refractivity contribution in [3.8, 4) is 6.07 Å². The summed E-state index contributed by atoms with van der Waals surface area (Å²) in [5, 5.41) is 9.90. The van der Waals surface area contributed by atoms with Crippen LogP contribution in [0.4, 0.5) is 8.78 Å². The first-order valence-corrected chi connectivity index (χ1v) is 11.9. The lowest BCUT2D eigenvalue weighted by Gasteiger charge is -2.42. The molecule has 0 bridgehead atoms. The summed E-state index contributed by atoms with van der Waals surface area (Å²) in [6, 6.07) is 8.63. The zero-order valence-electron chi connectivity index (χ0n) is 18.1. The number of unbranched alkanes of at least 4 members (excludes halogenated alkanes) is 3. The van der Waals surface area contributed by atoms with Crippen LogP contribution in [0.15, 0.2) is 24.3 Å². The maximum absolute atomic E-state index is 14.4. The van der Waals surface area contributed by atoms with E-state index in [1.807, 2.05) is 12.1 Å². The molecule has 0 spiro atoms. The third-order valence-electron chi connectivity index (χ3n) is 7.82. The number of halogens is 2. The van der Waals surface area contributed by atoms with Crippen LogP contribution in [0.5, 0.6) is 0 Å². The Morgan fingerprint density at radius 3 is 2.57 bits per heavy atom. The molecule has 2 fully saturated rings. The van der Waals surface area contributed by atoms with E-state index >= 15 is 0 Å². The van der Waals surface area contributed by atoms with Gasteiger partial charge in [0.1, 0.15) is 17.4 Å². The molecule has 2 aromatic rings. The Bertz CT molecular complexity index is 929. The fourth-order valence-electron chi connectivity index (χ4n) is 6.12. The molecule has 30 heavy (non-hydrogen) atoms. The number of fused-ring (bicyclic) bond motifs is 2. The number of nitriles is 1. The summed E-state index contributed by atoms with van der Waals surface area (Å²) in [7, 11) is 0. The molecule has 4 atom stereocenters. The minimum absolute atomic E-state index is 0.342. The van der Waals surface area contributed by atoms with E-state index in [1.54, 1.807) is 12.1 Å². The quantitative estimate of drug-likeness (QED) is 0.440. The van der Waals surface area contributed by atoms with Crippen LogP contribution in [0.2, 0.25) is 0 Å². The Morgan fingerprint density at radius 1 is 0.967 bits per heavy atom. The zero-order chi connectivity index (χ0) is 21.1. The van der Waals surface area contributed by atoms with Gasteiger partial charge in [-0.05, 0) is 72.8 Å². The molecule has 2 aliphatic rings. The first-order chi connectivity index (χ1) is 14.6. The van der Waals surface area contributed by atoms with E-state index in [4.69, 9.17) is 5.26 Å². The van der Waals surface area contributed by atoms with Crippen molar-refractivity contribution in [3.63, 3.8) is 0 Å². The number of nitrogens with zero attached hydrogens (tertiary/aromatic N) is 1. The van der Waals surface area contributed by atoms with Crippen molar-refractivity contribution in [1.82, 2.24) is 0 Å². The predicted octanol–water partition coefficient (Wildman–Crippen LogP) is 8.26. The van der Waals surface area contributed by atoms with Crippen molar-refractivity contribution in [2.24, 2.45) is 17.8 Å². The highest BCUT2D eigenvalue weighted by Crippen LogP contribution is 2.48. The number of hydrogen-bond donors (Lipinski definition) is 0. The van der Waals surface area contributed by atoms with Crippen molar-refractivity contribution in [3.05, 3.63) is 47.0 Å². The molecule has 3 heteroatoms. The maximum Gasteiger partial charge on any atom is 0.151 e. The molecule has 1 nitrogen and oxygen atoms in total. The molecule has 2 aliphatic carbocycles. The van der Waals surface area contributed by atoms with Gasteiger partial charge in [0.25, 0.3) is 0 Å². The molecule has 0 N–H and O–H groups in total. The van der Waals surface area contributed by atoms with Crippen molar-refractivity contribution >= 4 is 10.8 Å². The summed E-state index contributed by atoms with van der Waals surface area (Å²) in [5.74, 6) is 1.60. The second-order valence-corrected chi connectivity index (χ2v) is 9.70.